The smallest absolute Gasteiger partial charge is 0.303 e. The summed E-state index contributed by atoms with van der Waals surface area (Å²) in [5, 5.41) is 11.6. The number of hydrogen-bond acceptors (Lipinski definition) is 3. The van der Waals surface area contributed by atoms with Gasteiger partial charge in [-0.15, -0.1) is 0 Å². The van der Waals surface area contributed by atoms with Crippen LogP contribution in [0.2, 0.25) is 0 Å². The van der Waals surface area contributed by atoms with E-state index in [0.29, 0.717) is 6.42 Å². The van der Waals surface area contributed by atoms with E-state index in [4.69, 9.17) is 9.52 Å². The Labute approximate surface area is 89.3 Å². The minimum atomic E-state index is -0.738. The molecule has 1 aromatic heterocycles. The van der Waals surface area contributed by atoms with Gasteiger partial charge in [0.05, 0.1) is 0 Å². The average molecular weight is 211 g/mol. The third-order valence-electron chi connectivity index (χ3n) is 2.09. The van der Waals surface area contributed by atoms with Crippen molar-refractivity contribution in [3.05, 3.63) is 23.7 Å². The van der Waals surface area contributed by atoms with Crippen molar-refractivity contribution >= 4 is 5.97 Å². The quantitative estimate of drug-likeness (QED) is 0.672. The number of carboxylic acids is 1. The van der Waals surface area contributed by atoms with E-state index in [1.54, 1.807) is 0 Å². The average Bonchev–Trinajstić information content (AvgIpc) is 2.57. The minimum absolute atomic E-state index is 0.229. The molecule has 0 aliphatic heterocycles. The maximum Gasteiger partial charge on any atom is 0.303 e. The molecule has 84 valence electrons. The summed E-state index contributed by atoms with van der Waals surface area (Å²) in [4.78, 5) is 10.2. The fourth-order valence-electron chi connectivity index (χ4n) is 1.32. The molecule has 4 nitrogen and oxygen atoms in total. The first kappa shape index (κ1) is 11.8. The van der Waals surface area contributed by atoms with Gasteiger partial charge in [0.25, 0.3) is 0 Å². The first-order valence-corrected chi connectivity index (χ1v) is 5.16. The standard InChI is InChI=1S/C11H17NO3/c1-9-4-5-10(15-9)6-8-12-7-2-3-11(13)14/h4-5,12H,2-3,6-8H2,1H3,(H,13,14). The summed E-state index contributed by atoms with van der Waals surface area (Å²) in [5.74, 6) is 1.16. The van der Waals surface area contributed by atoms with Gasteiger partial charge in [-0.2, -0.15) is 0 Å². The summed E-state index contributed by atoms with van der Waals surface area (Å²) in [7, 11) is 0. The Morgan fingerprint density at radius 3 is 2.87 bits per heavy atom. The number of hydrogen-bond donors (Lipinski definition) is 2. The van der Waals surface area contributed by atoms with Crippen LogP contribution < -0.4 is 5.32 Å². The van der Waals surface area contributed by atoms with E-state index in [1.807, 2.05) is 19.1 Å². The summed E-state index contributed by atoms with van der Waals surface area (Å²) >= 11 is 0. The van der Waals surface area contributed by atoms with E-state index >= 15 is 0 Å². The van der Waals surface area contributed by atoms with Crippen molar-refractivity contribution < 1.29 is 14.3 Å². The molecule has 2 N–H and O–H groups in total. The Bertz CT molecular complexity index is 307. The van der Waals surface area contributed by atoms with Crippen LogP contribution in [0, 0.1) is 6.92 Å². The Hall–Kier alpha value is -1.29. The molecule has 0 aliphatic rings. The Morgan fingerprint density at radius 2 is 2.27 bits per heavy atom. The zero-order chi connectivity index (χ0) is 11.1. The third-order valence-corrected chi connectivity index (χ3v) is 2.09. The molecule has 4 heteroatoms. The number of aliphatic carboxylic acids is 1. The predicted molar refractivity (Wildman–Crippen MR) is 56.9 cm³/mol. The SMILES string of the molecule is Cc1ccc(CCNCCCC(=O)O)o1. The molecule has 0 aliphatic carbocycles. The highest BCUT2D eigenvalue weighted by Gasteiger charge is 1.98. The van der Waals surface area contributed by atoms with Gasteiger partial charge in [-0.3, -0.25) is 4.79 Å². The van der Waals surface area contributed by atoms with Crippen molar-refractivity contribution in [3.8, 4) is 0 Å². The maximum atomic E-state index is 10.2. The summed E-state index contributed by atoms with van der Waals surface area (Å²) in [6.45, 7) is 3.49. The molecule has 1 heterocycles. The highest BCUT2D eigenvalue weighted by molar-refractivity contribution is 5.66. The van der Waals surface area contributed by atoms with Crippen LogP contribution in [0.5, 0.6) is 0 Å². The van der Waals surface area contributed by atoms with Crippen LogP contribution >= 0.6 is 0 Å². The van der Waals surface area contributed by atoms with E-state index in [-0.39, 0.29) is 6.42 Å². The molecule has 0 unspecified atom stereocenters. The van der Waals surface area contributed by atoms with E-state index in [0.717, 1.165) is 31.0 Å². The van der Waals surface area contributed by atoms with Crippen molar-refractivity contribution in [2.75, 3.05) is 13.1 Å². The van der Waals surface area contributed by atoms with Gasteiger partial charge in [0.2, 0.25) is 0 Å². The monoisotopic (exact) mass is 211 g/mol. The Balaban J connectivity index is 2.00. The van der Waals surface area contributed by atoms with Gasteiger partial charge in [-0.05, 0) is 32.0 Å². The van der Waals surface area contributed by atoms with E-state index in [9.17, 15) is 4.79 Å². The largest absolute Gasteiger partial charge is 0.481 e. The van der Waals surface area contributed by atoms with Crippen molar-refractivity contribution in [1.29, 1.82) is 0 Å². The molecule has 0 saturated carbocycles. The predicted octanol–water partition coefficient (Wildman–Crippen LogP) is 1.58. The fourth-order valence-corrected chi connectivity index (χ4v) is 1.32. The second-order valence-electron chi connectivity index (χ2n) is 3.51. The maximum absolute atomic E-state index is 10.2. The molecule has 0 aromatic carbocycles. The lowest BCUT2D eigenvalue weighted by Crippen LogP contribution is -2.19. The van der Waals surface area contributed by atoms with Crippen LogP contribution in [0.25, 0.3) is 0 Å². The fraction of sp³-hybridized carbons (Fsp3) is 0.545. The van der Waals surface area contributed by atoms with Crippen LogP contribution in [0.15, 0.2) is 16.5 Å². The van der Waals surface area contributed by atoms with Crippen molar-refractivity contribution in [1.82, 2.24) is 5.32 Å². The van der Waals surface area contributed by atoms with Crippen LogP contribution in [0.3, 0.4) is 0 Å². The van der Waals surface area contributed by atoms with Crippen LogP contribution in [0.4, 0.5) is 0 Å². The highest BCUT2D eigenvalue weighted by atomic mass is 16.4. The molecule has 15 heavy (non-hydrogen) atoms. The van der Waals surface area contributed by atoms with Gasteiger partial charge in [-0.1, -0.05) is 0 Å². The number of furan rings is 1. The number of carbonyl (C=O) groups is 1. The summed E-state index contributed by atoms with van der Waals surface area (Å²) in [6.07, 6.45) is 1.75. The Kier molecular flexibility index (Phi) is 4.90. The van der Waals surface area contributed by atoms with Gasteiger partial charge < -0.3 is 14.8 Å². The molecule has 0 saturated heterocycles. The topological polar surface area (TPSA) is 62.5 Å². The first-order chi connectivity index (χ1) is 7.18. The summed E-state index contributed by atoms with van der Waals surface area (Å²) in [5.41, 5.74) is 0. The molecule has 1 rings (SSSR count). The van der Waals surface area contributed by atoms with Crippen LogP contribution in [-0.2, 0) is 11.2 Å². The minimum Gasteiger partial charge on any atom is -0.481 e. The molecule has 0 amide bonds. The highest BCUT2D eigenvalue weighted by Crippen LogP contribution is 2.05. The zero-order valence-corrected chi connectivity index (χ0v) is 8.95. The molecule has 0 bridgehead atoms. The van der Waals surface area contributed by atoms with Crippen molar-refractivity contribution in [3.63, 3.8) is 0 Å². The molecular weight excluding hydrogens is 194 g/mol. The Morgan fingerprint density at radius 1 is 1.47 bits per heavy atom. The zero-order valence-electron chi connectivity index (χ0n) is 8.95. The third kappa shape index (κ3) is 5.22. The summed E-state index contributed by atoms with van der Waals surface area (Å²) in [6, 6.07) is 3.91. The van der Waals surface area contributed by atoms with Gasteiger partial charge >= 0.3 is 5.97 Å². The van der Waals surface area contributed by atoms with Crippen molar-refractivity contribution in [2.24, 2.45) is 0 Å². The number of nitrogens with one attached hydrogen (secondary N) is 1. The lowest BCUT2D eigenvalue weighted by Gasteiger charge is -2.01. The molecule has 0 fully saturated rings. The normalized spacial score (nSPS) is 10.5. The molecular formula is C11H17NO3. The lowest BCUT2D eigenvalue weighted by atomic mass is 10.3. The molecule has 0 spiro atoms. The van der Waals surface area contributed by atoms with Gasteiger partial charge in [-0.25, -0.2) is 0 Å². The molecule has 0 radical (unpaired) electrons. The molecule has 0 atom stereocenters. The number of carboxylic acid groups (broad SMARTS) is 1. The van der Waals surface area contributed by atoms with E-state index in [1.165, 1.54) is 0 Å². The van der Waals surface area contributed by atoms with Gasteiger partial charge in [0.15, 0.2) is 0 Å². The number of aryl methyl sites for hydroxylation is 1. The first-order valence-electron chi connectivity index (χ1n) is 5.16. The van der Waals surface area contributed by atoms with Gasteiger partial charge in [0, 0.05) is 19.4 Å². The second-order valence-corrected chi connectivity index (χ2v) is 3.51. The lowest BCUT2D eigenvalue weighted by molar-refractivity contribution is -0.137. The van der Waals surface area contributed by atoms with Gasteiger partial charge in [0.1, 0.15) is 11.5 Å². The van der Waals surface area contributed by atoms with E-state index < -0.39 is 5.97 Å². The van der Waals surface area contributed by atoms with Crippen LogP contribution in [-0.4, -0.2) is 24.2 Å². The van der Waals surface area contributed by atoms with Crippen molar-refractivity contribution in [2.45, 2.75) is 26.2 Å². The molecule has 1 aromatic rings. The second kappa shape index (κ2) is 6.24. The number of rotatable bonds is 7. The summed E-state index contributed by atoms with van der Waals surface area (Å²) < 4.78 is 5.39. The van der Waals surface area contributed by atoms with E-state index in [2.05, 4.69) is 5.32 Å². The van der Waals surface area contributed by atoms with Crippen LogP contribution in [0.1, 0.15) is 24.4 Å².